The Morgan fingerprint density at radius 3 is 2.64 bits per heavy atom. The molecule has 1 unspecified atom stereocenters. The van der Waals surface area contributed by atoms with Crippen molar-refractivity contribution in [2.75, 3.05) is 13.2 Å². The largest absolute Gasteiger partial charge is 0.484 e. The van der Waals surface area contributed by atoms with E-state index in [4.69, 9.17) is 5.11 Å². The number of ether oxygens (including phenoxy) is 1. The molecule has 0 bridgehead atoms. The van der Waals surface area contributed by atoms with Crippen molar-refractivity contribution in [3.05, 3.63) is 29.8 Å². The summed E-state index contributed by atoms with van der Waals surface area (Å²) in [5.41, 5.74) is 0.472. The Morgan fingerprint density at radius 2 is 2.05 bits per heavy atom. The van der Waals surface area contributed by atoms with E-state index in [-0.39, 0.29) is 18.7 Å². The number of rotatable bonds is 7. The molecule has 0 aliphatic carbocycles. The molecule has 1 aromatic rings. The Kier molecular flexibility index (Phi) is 6.21. The number of nitrogens with one attached hydrogen (secondary N) is 1. The lowest BCUT2D eigenvalue weighted by Gasteiger charge is -2.11. The number of carbonyl (C=O) groups excluding carboxylic acids is 1. The van der Waals surface area contributed by atoms with Crippen molar-refractivity contribution in [2.24, 2.45) is 5.92 Å². The van der Waals surface area contributed by atoms with Crippen LogP contribution in [-0.4, -0.2) is 36.3 Å². The number of carboxylic acids is 1. The van der Waals surface area contributed by atoms with Gasteiger partial charge in [-0.2, -0.15) is 13.2 Å². The molecule has 0 aliphatic heterocycles. The second-order valence-electron chi connectivity index (χ2n) is 4.77. The minimum atomic E-state index is -4.43. The highest BCUT2D eigenvalue weighted by Crippen LogP contribution is 2.19. The maximum atomic E-state index is 12.1. The summed E-state index contributed by atoms with van der Waals surface area (Å²) in [6.07, 6.45) is -4.50. The van der Waals surface area contributed by atoms with Crippen LogP contribution in [0.5, 0.6) is 5.75 Å². The first-order chi connectivity index (χ1) is 10.2. The third-order valence-corrected chi connectivity index (χ3v) is 2.69. The molecule has 0 aliphatic rings. The third-order valence-electron chi connectivity index (χ3n) is 2.69. The quantitative estimate of drug-likeness (QED) is 0.806. The summed E-state index contributed by atoms with van der Waals surface area (Å²) in [6, 6.07) is 5.75. The van der Waals surface area contributed by atoms with E-state index in [1.54, 1.807) is 6.07 Å². The van der Waals surface area contributed by atoms with E-state index in [9.17, 15) is 22.8 Å². The average molecular weight is 319 g/mol. The van der Waals surface area contributed by atoms with E-state index < -0.39 is 30.6 Å². The van der Waals surface area contributed by atoms with Gasteiger partial charge in [-0.15, -0.1) is 0 Å². The molecule has 0 fully saturated rings. The van der Waals surface area contributed by atoms with Gasteiger partial charge in [0, 0.05) is 6.54 Å². The van der Waals surface area contributed by atoms with E-state index in [1.165, 1.54) is 25.1 Å². The van der Waals surface area contributed by atoms with Crippen LogP contribution in [0.2, 0.25) is 0 Å². The van der Waals surface area contributed by atoms with Crippen molar-refractivity contribution < 1.29 is 32.6 Å². The van der Waals surface area contributed by atoms with Crippen LogP contribution >= 0.6 is 0 Å². The van der Waals surface area contributed by atoms with Crippen molar-refractivity contribution in [2.45, 2.75) is 19.5 Å². The van der Waals surface area contributed by atoms with Crippen molar-refractivity contribution in [1.82, 2.24) is 5.32 Å². The predicted molar refractivity (Wildman–Crippen MR) is 71.5 cm³/mol. The van der Waals surface area contributed by atoms with Crippen LogP contribution in [-0.2, 0) is 16.0 Å². The zero-order valence-corrected chi connectivity index (χ0v) is 11.8. The van der Waals surface area contributed by atoms with Crippen molar-refractivity contribution in [1.29, 1.82) is 0 Å². The van der Waals surface area contributed by atoms with Gasteiger partial charge in [-0.3, -0.25) is 9.59 Å². The Labute approximate surface area is 125 Å². The first-order valence-corrected chi connectivity index (χ1v) is 6.45. The number of halogens is 3. The molecule has 0 saturated heterocycles. The molecule has 1 atom stereocenters. The minimum absolute atomic E-state index is 0.0153. The molecule has 0 radical (unpaired) electrons. The van der Waals surface area contributed by atoms with Gasteiger partial charge in [0.1, 0.15) is 5.75 Å². The molecule has 0 heterocycles. The monoisotopic (exact) mass is 319 g/mol. The zero-order chi connectivity index (χ0) is 16.8. The lowest BCUT2D eigenvalue weighted by atomic mass is 10.1. The molecular formula is C14H16F3NO4. The van der Waals surface area contributed by atoms with Crippen molar-refractivity contribution >= 4 is 11.9 Å². The standard InChI is InChI=1S/C14H16F3NO4/c1-9(13(20)21)7-18-12(19)6-10-3-2-4-11(5-10)22-8-14(15,16)17/h2-5,9H,6-8H2,1H3,(H,18,19)(H,20,21). The highest BCUT2D eigenvalue weighted by Gasteiger charge is 2.28. The molecule has 122 valence electrons. The van der Waals surface area contributed by atoms with Gasteiger partial charge >= 0.3 is 12.1 Å². The SMILES string of the molecule is CC(CNC(=O)Cc1cccc(OCC(F)(F)F)c1)C(=O)O. The Morgan fingerprint density at radius 1 is 1.36 bits per heavy atom. The van der Waals surface area contributed by atoms with Gasteiger partial charge < -0.3 is 15.2 Å². The van der Waals surface area contributed by atoms with Crippen LogP contribution < -0.4 is 10.1 Å². The lowest BCUT2D eigenvalue weighted by Crippen LogP contribution is -2.32. The summed E-state index contributed by atoms with van der Waals surface area (Å²) in [6.45, 7) is 0.0332. The van der Waals surface area contributed by atoms with Gasteiger partial charge in [0.05, 0.1) is 12.3 Å². The summed E-state index contributed by atoms with van der Waals surface area (Å²) in [4.78, 5) is 22.3. The average Bonchev–Trinajstić information content (AvgIpc) is 2.42. The highest BCUT2D eigenvalue weighted by molar-refractivity contribution is 5.79. The molecule has 1 amide bonds. The fourth-order valence-electron chi connectivity index (χ4n) is 1.51. The number of carbonyl (C=O) groups is 2. The van der Waals surface area contributed by atoms with E-state index >= 15 is 0 Å². The van der Waals surface area contributed by atoms with Gasteiger partial charge in [0.15, 0.2) is 6.61 Å². The predicted octanol–water partition coefficient (Wildman–Crippen LogP) is 2.01. The molecule has 1 aromatic carbocycles. The molecule has 22 heavy (non-hydrogen) atoms. The molecule has 8 heteroatoms. The summed E-state index contributed by atoms with van der Waals surface area (Å²) in [5.74, 6) is -2.14. The van der Waals surface area contributed by atoms with E-state index in [1.807, 2.05) is 0 Å². The van der Waals surface area contributed by atoms with Gasteiger partial charge in [0.25, 0.3) is 0 Å². The fourth-order valence-corrected chi connectivity index (χ4v) is 1.51. The highest BCUT2D eigenvalue weighted by atomic mass is 19.4. The summed E-state index contributed by atoms with van der Waals surface area (Å²) < 4.78 is 40.8. The summed E-state index contributed by atoms with van der Waals surface area (Å²) in [5, 5.41) is 11.1. The van der Waals surface area contributed by atoms with Crippen LogP contribution in [0.15, 0.2) is 24.3 Å². The summed E-state index contributed by atoms with van der Waals surface area (Å²) >= 11 is 0. The van der Waals surface area contributed by atoms with E-state index in [0.717, 1.165) is 0 Å². The number of carboxylic acid groups (broad SMARTS) is 1. The molecule has 0 spiro atoms. The number of amides is 1. The molecule has 2 N–H and O–H groups in total. The topological polar surface area (TPSA) is 75.6 Å². The maximum Gasteiger partial charge on any atom is 0.422 e. The molecule has 0 saturated carbocycles. The number of hydrogen-bond donors (Lipinski definition) is 2. The zero-order valence-electron chi connectivity index (χ0n) is 11.8. The first kappa shape index (κ1) is 17.8. The van der Waals surface area contributed by atoms with Gasteiger partial charge in [-0.25, -0.2) is 0 Å². The van der Waals surface area contributed by atoms with Gasteiger partial charge in [-0.1, -0.05) is 19.1 Å². The van der Waals surface area contributed by atoms with Crippen LogP contribution in [0.3, 0.4) is 0 Å². The van der Waals surface area contributed by atoms with Crippen LogP contribution in [0.1, 0.15) is 12.5 Å². The number of aliphatic carboxylic acids is 1. The van der Waals surface area contributed by atoms with Gasteiger partial charge in [-0.05, 0) is 17.7 Å². The summed E-state index contributed by atoms with van der Waals surface area (Å²) in [7, 11) is 0. The number of alkyl halides is 3. The third kappa shape index (κ3) is 6.96. The van der Waals surface area contributed by atoms with Gasteiger partial charge in [0.2, 0.25) is 5.91 Å². The molecule has 0 aromatic heterocycles. The second-order valence-corrected chi connectivity index (χ2v) is 4.77. The second kappa shape index (κ2) is 7.67. The Balaban J connectivity index is 2.52. The smallest absolute Gasteiger partial charge is 0.422 e. The van der Waals surface area contributed by atoms with Crippen LogP contribution in [0.25, 0.3) is 0 Å². The van der Waals surface area contributed by atoms with E-state index in [0.29, 0.717) is 5.56 Å². The number of benzene rings is 1. The first-order valence-electron chi connectivity index (χ1n) is 6.45. The maximum absolute atomic E-state index is 12.1. The Bertz CT molecular complexity index is 531. The van der Waals surface area contributed by atoms with E-state index in [2.05, 4.69) is 10.1 Å². The normalized spacial score (nSPS) is 12.5. The number of hydrogen-bond acceptors (Lipinski definition) is 3. The molecule has 1 rings (SSSR count). The molecule has 5 nitrogen and oxygen atoms in total. The van der Waals surface area contributed by atoms with Crippen molar-refractivity contribution in [3.8, 4) is 5.75 Å². The minimum Gasteiger partial charge on any atom is -0.484 e. The molecular weight excluding hydrogens is 303 g/mol. The van der Waals surface area contributed by atoms with Crippen LogP contribution in [0.4, 0.5) is 13.2 Å². The van der Waals surface area contributed by atoms with Crippen LogP contribution in [0, 0.1) is 5.92 Å². The lowest BCUT2D eigenvalue weighted by molar-refractivity contribution is -0.153. The Hall–Kier alpha value is -2.25. The van der Waals surface area contributed by atoms with Crippen molar-refractivity contribution in [3.63, 3.8) is 0 Å². The fraction of sp³-hybridized carbons (Fsp3) is 0.429.